The van der Waals surface area contributed by atoms with Crippen molar-refractivity contribution in [2.24, 2.45) is 5.10 Å². The van der Waals surface area contributed by atoms with E-state index in [2.05, 4.69) is 22.2 Å². The highest BCUT2D eigenvalue weighted by molar-refractivity contribution is 7.71. The number of ether oxygens (including phenoxy) is 2. The molecule has 24 heavy (non-hydrogen) atoms. The van der Waals surface area contributed by atoms with Crippen molar-refractivity contribution in [3.05, 3.63) is 34.4 Å². The van der Waals surface area contributed by atoms with Crippen molar-refractivity contribution in [3.63, 3.8) is 0 Å². The summed E-state index contributed by atoms with van der Waals surface area (Å²) in [5.41, 5.74) is 0.903. The largest absolute Gasteiger partial charge is 0.490 e. The number of hydrogen-bond donors (Lipinski definition) is 1. The first-order valence-corrected chi connectivity index (χ1v) is 8.58. The summed E-state index contributed by atoms with van der Waals surface area (Å²) in [6.07, 6.45) is 2.69. The second-order valence-corrected chi connectivity index (χ2v) is 5.97. The van der Waals surface area contributed by atoms with Crippen LogP contribution in [0, 0.1) is 4.77 Å². The highest BCUT2D eigenvalue weighted by atomic mass is 32.1. The predicted octanol–water partition coefficient (Wildman–Crippen LogP) is 4.13. The van der Waals surface area contributed by atoms with Crippen molar-refractivity contribution in [3.8, 4) is 11.5 Å². The highest BCUT2D eigenvalue weighted by Crippen LogP contribution is 2.28. The highest BCUT2D eigenvalue weighted by Gasteiger charge is 2.09. The number of aromatic amines is 1. The summed E-state index contributed by atoms with van der Waals surface area (Å²) in [6, 6.07) is 5.76. The molecule has 0 atom stereocenters. The molecule has 2 rings (SSSR count). The van der Waals surface area contributed by atoms with Crippen LogP contribution in [0.1, 0.15) is 51.4 Å². The van der Waals surface area contributed by atoms with E-state index >= 15 is 0 Å². The molecule has 1 heterocycles. The van der Waals surface area contributed by atoms with Gasteiger partial charge in [0.05, 0.1) is 19.4 Å². The monoisotopic (exact) mass is 348 g/mol. The Balaban J connectivity index is 2.28. The van der Waals surface area contributed by atoms with Gasteiger partial charge in [-0.1, -0.05) is 20.8 Å². The molecule has 1 aromatic carbocycles. The van der Waals surface area contributed by atoms with E-state index < -0.39 is 0 Å². The maximum atomic E-state index is 5.71. The van der Waals surface area contributed by atoms with Gasteiger partial charge in [0.1, 0.15) is 0 Å². The Morgan fingerprint density at radius 1 is 1.29 bits per heavy atom. The number of nitrogens with one attached hydrogen (secondary N) is 1. The molecule has 0 aliphatic rings. The third kappa shape index (κ3) is 4.44. The van der Waals surface area contributed by atoms with Crippen LogP contribution in [0.25, 0.3) is 0 Å². The third-order valence-corrected chi connectivity index (χ3v) is 3.51. The fourth-order valence-electron chi connectivity index (χ4n) is 2.12. The summed E-state index contributed by atoms with van der Waals surface area (Å²) < 4.78 is 13.5. The Hall–Kier alpha value is -2.15. The lowest BCUT2D eigenvalue weighted by molar-refractivity contribution is 0.277. The van der Waals surface area contributed by atoms with E-state index in [4.69, 9.17) is 21.7 Å². The molecule has 130 valence electrons. The molecule has 0 fully saturated rings. The molecule has 0 radical (unpaired) electrons. The van der Waals surface area contributed by atoms with Gasteiger partial charge in [0.25, 0.3) is 0 Å². The quantitative estimate of drug-likeness (QED) is 0.575. The standard InChI is InChI=1S/C17H24N4O2S/c1-5-9-23-14-8-7-13(10-15(14)22-6-2)11-18-21-16(12(3)4)19-20-17(21)24/h7-8,10-12H,5-6,9H2,1-4H3,(H,20,24)/b18-11-. The van der Waals surface area contributed by atoms with E-state index in [1.54, 1.807) is 10.9 Å². The topological polar surface area (TPSA) is 64.4 Å². The summed E-state index contributed by atoms with van der Waals surface area (Å²) >= 11 is 5.23. The molecule has 0 amide bonds. The van der Waals surface area contributed by atoms with E-state index in [1.807, 2.05) is 39.0 Å². The summed E-state index contributed by atoms with van der Waals surface area (Å²) in [5, 5.41) is 11.4. The van der Waals surface area contributed by atoms with Crippen molar-refractivity contribution in [1.29, 1.82) is 0 Å². The lowest BCUT2D eigenvalue weighted by atomic mass is 10.2. The van der Waals surface area contributed by atoms with Crippen LogP contribution in [0.2, 0.25) is 0 Å². The van der Waals surface area contributed by atoms with Gasteiger partial charge >= 0.3 is 0 Å². The van der Waals surface area contributed by atoms with Crippen LogP contribution < -0.4 is 9.47 Å². The first kappa shape index (κ1) is 18.2. The Bertz CT molecular complexity index is 749. The van der Waals surface area contributed by atoms with Crippen LogP contribution in [0.15, 0.2) is 23.3 Å². The molecule has 6 nitrogen and oxygen atoms in total. The first-order valence-electron chi connectivity index (χ1n) is 8.18. The van der Waals surface area contributed by atoms with Crippen molar-refractivity contribution in [2.45, 2.75) is 40.0 Å². The molecule has 0 aliphatic carbocycles. The van der Waals surface area contributed by atoms with Crippen LogP contribution in [-0.4, -0.2) is 34.3 Å². The molecule has 1 aromatic heterocycles. The molecule has 0 spiro atoms. The molecular formula is C17H24N4O2S. The Kier molecular flexibility index (Phi) is 6.54. The van der Waals surface area contributed by atoms with Crippen LogP contribution in [0.4, 0.5) is 0 Å². The lowest BCUT2D eigenvalue weighted by Crippen LogP contribution is -2.02. The molecule has 7 heteroatoms. The number of H-pyrrole nitrogens is 1. The van der Waals surface area contributed by atoms with E-state index in [0.29, 0.717) is 18.0 Å². The molecular weight excluding hydrogens is 324 g/mol. The Labute approximate surface area is 147 Å². The number of benzene rings is 1. The van der Waals surface area contributed by atoms with Crippen molar-refractivity contribution in [1.82, 2.24) is 14.9 Å². The minimum atomic E-state index is 0.221. The smallest absolute Gasteiger partial charge is 0.216 e. The van der Waals surface area contributed by atoms with Gasteiger partial charge in [-0.3, -0.25) is 5.10 Å². The lowest BCUT2D eigenvalue weighted by Gasteiger charge is -2.11. The predicted molar refractivity (Wildman–Crippen MR) is 97.9 cm³/mol. The van der Waals surface area contributed by atoms with Gasteiger partial charge in [0, 0.05) is 5.92 Å². The fraction of sp³-hybridized carbons (Fsp3) is 0.471. The van der Waals surface area contributed by atoms with E-state index in [9.17, 15) is 0 Å². The van der Waals surface area contributed by atoms with Crippen LogP contribution in [0.5, 0.6) is 11.5 Å². The average Bonchev–Trinajstić information content (AvgIpc) is 2.93. The van der Waals surface area contributed by atoms with Crippen molar-refractivity contribution in [2.75, 3.05) is 13.2 Å². The Morgan fingerprint density at radius 3 is 2.75 bits per heavy atom. The van der Waals surface area contributed by atoms with E-state index in [0.717, 1.165) is 29.3 Å². The second kappa shape index (κ2) is 8.63. The van der Waals surface area contributed by atoms with E-state index in [1.165, 1.54) is 0 Å². The van der Waals surface area contributed by atoms with Gasteiger partial charge in [-0.25, -0.2) is 0 Å². The maximum Gasteiger partial charge on any atom is 0.216 e. The van der Waals surface area contributed by atoms with Gasteiger partial charge in [-0.2, -0.15) is 14.9 Å². The second-order valence-electron chi connectivity index (χ2n) is 5.59. The van der Waals surface area contributed by atoms with Gasteiger partial charge in [0.2, 0.25) is 4.77 Å². The number of nitrogens with zero attached hydrogens (tertiary/aromatic N) is 3. The zero-order valence-corrected chi connectivity index (χ0v) is 15.4. The molecule has 0 saturated heterocycles. The third-order valence-electron chi connectivity index (χ3n) is 3.24. The fourth-order valence-corrected chi connectivity index (χ4v) is 2.30. The molecule has 0 bridgehead atoms. The normalized spacial score (nSPS) is 11.4. The number of hydrogen-bond acceptors (Lipinski definition) is 5. The number of aromatic nitrogens is 3. The van der Waals surface area contributed by atoms with E-state index in [-0.39, 0.29) is 5.92 Å². The Morgan fingerprint density at radius 2 is 2.08 bits per heavy atom. The zero-order valence-electron chi connectivity index (χ0n) is 14.6. The molecule has 0 aliphatic heterocycles. The minimum absolute atomic E-state index is 0.221. The first-order chi connectivity index (χ1) is 11.6. The SMILES string of the molecule is CCCOc1ccc(/C=N\n2c(C(C)C)n[nH]c2=S)cc1OCC. The summed E-state index contributed by atoms with van der Waals surface area (Å²) in [7, 11) is 0. The maximum absolute atomic E-state index is 5.71. The van der Waals surface area contributed by atoms with Crippen molar-refractivity contribution >= 4 is 18.4 Å². The van der Waals surface area contributed by atoms with Crippen molar-refractivity contribution < 1.29 is 9.47 Å². The molecule has 0 unspecified atom stereocenters. The van der Waals surface area contributed by atoms with Gasteiger partial charge in [-0.15, -0.1) is 0 Å². The van der Waals surface area contributed by atoms with Gasteiger partial charge < -0.3 is 9.47 Å². The van der Waals surface area contributed by atoms with Crippen LogP contribution in [0.3, 0.4) is 0 Å². The minimum Gasteiger partial charge on any atom is -0.490 e. The van der Waals surface area contributed by atoms with Gasteiger partial charge in [0.15, 0.2) is 17.3 Å². The summed E-state index contributed by atoms with van der Waals surface area (Å²) in [5.74, 6) is 2.48. The van der Waals surface area contributed by atoms with Crippen LogP contribution in [-0.2, 0) is 0 Å². The molecule has 1 N–H and O–H groups in total. The summed E-state index contributed by atoms with van der Waals surface area (Å²) in [4.78, 5) is 0. The zero-order chi connectivity index (χ0) is 17.5. The van der Waals surface area contributed by atoms with Crippen LogP contribution >= 0.6 is 12.2 Å². The molecule has 0 saturated carbocycles. The number of rotatable bonds is 8. The molecule has 2 aromatic rings. The van der Waals surface area contributed by atoms with Gasteiger partial charge in [-0.05, 0) is 49.3 Å². The average molecular weight is 348 g/mol. The summed E-state index contributed by atoms with van der Waals surface area (Å²) in [6.45, 7) is 9.35.